The average Bonchev–Trinajstić information content (AvgIpc) is 2.50. The zero-order valence-electron chi connectivity index (χ0n) is 12.2. The predicted molar refractivity (Wildman–Crippen MR) is 82.2 cm³/mol. The lowest BCUT2D eigenvalue weighted by Crippen LogP contribution is -2.16. The van der Waals surface area contributed by atoms with Crippen molar-refractivity contribution < 1.29 is 14.3 Å². The Morgan fingerprint density at radius 3 is 2.77 bits per heavy atom. The second-order valence-corrected chi connectivity index (χ2v) is 5.35. The van der Waals surface area contributed by atoms with Crippen molar-refractivity contribution in [2.24, 2.45) is 5.10 Å². The van der Waals surface area contributed by atoms with Crippen LogP contribution in [0.1, 0.15) is 36.5 Å². The molecule has 0 fully saturated rings. The summed E-state index contributed by atoms with van der Waals surface area (Å²) in [7, 11) is 0. The monoisotopic (exact) mass is 300 g/mol. The van der Waals surface area contributed by atoms with Crippen LogP contribution in [0.5, 0.6) is 5.75 Å². The summed E-state index contributed by atoms with van der Waals surface area (Å²) in [5.74, 6) is -0.379. The fourth-order valence-electron chi connectivity index (χ4n) is 2.83. The number of nitrogens with zero attached hydrogens (tertiary/aromatic N) is 1. The van der Waals surface area contributed by atoms with Crippen molar-refractivity contribution in [2.75, 3.05) is 0 Å². The molecule has 0 saturated heterocycles. The van der Waals surface area contributed by atoms with E-state index in [9.17, 15) is 14.7 Å². The lowest BCUT2D eigenvalue weighted by molar-refractivity contribution is -0.118. The number of aromatic hydroxyl groups is 1. The van der Waals surface area contributed by atoms with E-state index in [1.165, 1.54) is 13.1 Å². The molecule has 2 N–H and O–H groups in total. The van der Waals surface area contributed by atoms with Gasteiger partial charge in [-0.15, -0.1) is 0 Å². The number of phenols is 1. The number of carbonyl (C=O) groups excluding carboxylic acids is 1. The molecule has 0 atom stereocenters. The number of aryl methyl sites for hydroxylation is 1. The van der Waals surface area contributed by atoms with Crippen molar-refractivity contribution in [1.82, 2.24) is 5.43 Å². The Morgan fingerprint density at radius 2 is 2.05 bits per heavy atom. The van der Waals surface area contributed by atoms with E-state index in [4.69, 9.17) is 4.42 Å². The van der Waals surface area contributed by atoms with Gasteiger partial charge in [0, 0.05) is 17.9 Å². The molecule has 3 rings (SSSR count). The summed E-state index contributed by atoms with van der Waals surface area (Å²) in [5.41, 5.74) is 4.22. The molecule has 22 heavy (non-hydrogen) atoms. The second-order valence-electron chi connectivity index (χ2n) is 5.35. The first-order valence-electron chi connectivity index (χ1n) is 7.18. The largest absolute Gasteiger partial charge is 0.507 e. The summed E-state index contributed by atoms with van der Waals surface area (Å²) in [4.78, 5) is 23.0. The number of rotatable bonds is 2. The zero-order valence-corrected chi connectivity index (χ0v) is 12.2. The third kappa shape index (κ3) is 2.47. The summed E-state index contributed by atoms with van der Waals surface area (Å²) < 4.78 is 5.41. The molecule has 0 unspecified atom stereocenters. The maximum absolute atomic E-state index is 12.2. The Labute approximate surface area is 126 Å². The van der Waals surface area contributed by atoms with Crippen LogP contribution in [0.4, 0.5) is 0 Å². The van der Waals surface area contributed by atoms with Crippen LogP contribution in [0.3, 0.4) is 0 Å². The quantitative estimate of drug-likeness (QED) is 0.503. The van der Waals surface area contributed by atoms with E-state index in [1.807, 2.05) is 0 Å². The molecular weight excluding hydrogens is 284 g/mol. The van der Waals surface area contributed by atoms with E-state index >= 15 is 0 Å². The molecule has 0 aliphatic heterocycles. The van der Waals surface area contributed by atoms with Gasteiger partial charge in [0.25, 0.3) is 0 Å². The van der Waals surface area contributed by atoms with Crippen LogP contribution in [0.15, 0.2) is 26.4 Å². The van der Waals surface area contributed by atoms with Crippen LogP contribution in [-0.4, -0.2) is 17.2 Å². The molecule has 2 aromatic rings. The van der Waals surface area contributed by atoms with E-state index < -0.39 is 0 Å². The van der Waals surface area contributed by atoms with Gasteiger partial charge < -0.3 is 9.52 Å². The summed E-state index contributed by atoms with van der Waals surface area (Å²) >= 11 is 0. The second kappa shape index (κ2) is 5.63. The Bertz CT molecular complexity index is 836. The first kappa shape index (κ1) is 14.3. The fraction of sp³-hybridized carbons (Fsp3) is 0.312. The highest BCUT2D eigenvalue weighted by Gasteiger charge is 2.20. The topological polar surface area (TPSA) is 91.9 Å². The molecule has 1 aromatic heterocycles. The normalized spacial score (nSPS) is 14.2. The number of hydrogen-bond donors (Lipinski definition) is 2. The molecule has 1 amide bonds. The van der Waals surface area contributed by atoms with Crippen LogP contribution in [0.2, 0.25) is 0 Å². The van der Waals surface area contributed by atoms with Crippen LogP contribution in [0, 0.1) is 0 Å². The molecule has 0 bridgehead atoms. The van der Waals surface area contributed by atoms with Gasteiger partial charge in [0.15, 0.2) is 5.58 Å². The van der Waals surface area contributed by atoms with E-state index in [1.54, 1.807) is 12.1 Å². The third-order valence-corrected chi connectivity index (χ3v) is 3.82. The van der Waals surface area contributed by atoms with Crippen LogP contribution in [0.25, 0.3) is 11.0 Å². The van der Waals surface area contributed by atoms with Gasteiger partial charge in [-0.3, -0.25) is 4.79 Å². The van der Waals surface area contributed by atoms with E-state index in [2.05, 4.69) is 10.5 Å². The van der Waals surface area contributed by atoms with Crippen molar-refractivity contribution in [2.45, 2.75) is 32.6 Å². The number of hydrazone groups is 1. The Hall–Kier alpha value is -2.63. The highest BCUT2D eigenvalue weighted by molar-refractivity contribution is 6.00. The lowest BCUT2D eigenvalue weighted by atomic mass is 9.90. The first-order chi connectivity index (χ1) is 10.6. The van der Waals surface area contributed by atoms with Gasteiger partial charge in [0.2, 0.25) is 5.91 Å². The number of hydrogen-bond acceptors (Lipinski definition) is 5. The van der Waals surface area contributed by atoms with Crippen molar-refractivity contribution in [1.29, 1.82) is 0 Å². The van der Waals surface area contributed by atoms with Crippen molar-refractivity contribution >= 4 is 23.1 Å². The van der Waals surface area contributed by atoms with E-state index in [0.717, 1.165) is 42.2 Å². The molecule has 0 spiro atoms. The van der Waals surface area contributed by atoms with E-state index in [-0.39, 0.29) is 22.8 Å². The number of fused-ring (bicyclic) bond motifs is 3. The number of nitrogens with one attached hydrogen (secondary N) is 1. The van der Waals surface area contributed by atoms with Crippen LogP contribution >= 0.6 is 0 Å². The zero-order chi connectivity index (χ0) is 15.7. The van der Waals surface area contributed by atoms with Gasteiger partial charge in [-0.25, -0.2) is 10.2 Å². The number of benzene rings is 1. The van der Waals surface area contributed by atoms with Gasteiger partial charge >= 0.3 is 5.63 Å². The molecule has 0 saturated carbocycles. The summed E-state index contributed by atoms with van der Waals surface area (Å²) in [5, 5.41) is 14.6. The Kier molecular flexibility index (Phi) is 3.66. The summed E-state index contributed by atoms with van der Waals surface area (Å²) in [6, 6.07) is 3.31. The number of amides is 1. The third-order valence-electron chi connectivity index (χ3n) is 3.82. The maximum atomic E-state index is 12.2. The van der Waals surface area contributed by atoms with Crippen molar-refractivity contribution in [3.63, 3.8) is 0 Å². The molecule has 0 radical (unpaired) electrons. The molecule has 6 heteroatoms. The SMILES string of the molecule is CC(=O)N/N=C/c1c(O)ccc2c3c(c(=O)oc12)CCCC3. The van der Waals surface area contributed by atoms with Crippen LogP contribution in [-0.2, 0) is 17.6 Å². The number of carbonyl (C=O) groups is 1. The standard InChI is InChI=1S/C16H16N2O4/c1-9(19)18-17-8-13-14(20)7-6-11-10-4-2-3-5-12(10)16(21)22-15(11)13/h6-8,20H,2-5H2,1H3,(H,18,19)/b17-8+. The molecule has 1 aliphatic rings. The smallest absolute Gasteiger partial charge is 0.339 e. The summed E-state index contributed by atoms with van der Waals surface area (Å²) in [6.45, 7) is 1.33. The van der Waals surface area contributed by atoms with Crippen molar-refractivity contribution in [3.05, 3.63) is 39.2 Å². The molecule has 1 aromatic carbocycles. The van der Waals surface area contributed by atoms with E-state index in [0.29, 0.717) is 5.58 Å². The molecule has 114 valence electrons. The van der Waals surface area contributed by atoms with Gasteiger partial charge in [0.1, 0.15) is 5.75 Å². The minimum absolute atomic E-state index is 0.0551. The molecule has 1 aliphatic carbocycles. The maximum Gasteiger partial charge on any atom is 0.339 e. The highest BCUT2D eigenvalue weighted by Crippen LogP contribution is 2.31. The Morgan fingerprint density at radius 1 is 1.32 bits per heavy atom. The molecule has 1 heterocycles. The average molecular weight is 300 g/mol. The summed E-state index contributed by atoms with van der Waals surface area (Å²) in [6.07, 6.45) is 4.85. The van der Waals surface area contributed by atoms with Gasteiger partial charge in [-0.2, -0.15) is 5.10 Å². The van der Waals surface area contributed by atoms with Gasteiger partial charge in [-0.05, 0) is 43.4 Å². The minimum atomic E-state index is -0.359. The Balaban J connectivity index is 2.22. The fourth-order valence-corrected chi connectivity index (χ4v) is 2.83. The highest BCUT2D eigenvalue weighted by atomic mass is 16.4. The van der Waals surface area contributed by atoms with Gasteiger partial charge in [0.05, 0.1) is 11.8 Å². The van der Waals surface area contributed by atoms with Gasteiger partial charge in [-0.1, -0.05) is 0 Å². The molecule has 6 nitrogen and oxygen atoms in total. The molecular formula is C16H16N2O4. The van der Waals surface area contributed by atoms with Crippen molar-refractivity contribution in [3.8, 4) is 5.75 Å². The predicted octanol–water partition coefficient (Wildman–Crippen LogP) is 1.85. The lowest BCUT2D eigenvalue weighted by Gasteiger charge is -2.16. The minimum Gasteiger partial charge on any atom is -0.507 e. The number of phenolic OH excluding ortho intramolecular Hbond substituents is 1. The van der Waals surface area contributed by atoms with Crippen LogP contribution < -0.4 is 11.1 Å². The first-order valence-corrected chi connectivity index (χ1v) is 7.18.